The van der Waals surface area contributed by atoms with E-state index in [4.69, 9.17) is 0 Å². The minimum atomic E-state index is 0.908. The molecule has 1 aromatic heterocycles. The van der Waals surface area contributed by atoms with E-state index in [-0.39, 0.29) is 0 Å². The maximum absolute atomic E-state index is 4.06. The molecule has 1 heteroatoms. The summed E-state index contributed by atoms with van der Waals surface area (Å²) in [7, 11) is 0. The zero-order valence-electron chi connectivity index (χ0n) is 8.95. The summed E-state index contributed by atoms with van der Waals surface area (Å²) < 4.78 is 0. The molecule has 1 unspecified atom stereocenters. The first-order valence-electron chi connectivity index (χ1n) is 5.79. The van der Waals surface area contributed by atoms with E-state index >= 15 is 0 Å². The summed E-state index contributed by atoms with van der Waals surface area (Å²) in [6.45, 7) is 2.32. The van der Waals surface area contributed by atoms with Gasteiger partial charge in [0.15, 0.2) is 0 Å². The van der Waals surface area contributed by atoms with E-state index in [2.05, 4.69) is 24.0 Å². The predicted octanol–water partition coefficient (Wildman–Crippen LogP) is 3.45. The van der Waals surface area contributed by atoms with Crippen LogP contribution in [0.5, 0.6) is 0 Å². The van der Waals surface area contributed by atoms with E-state index in [0.717, 1.165) is 11.8 Å². The van der Waals surface area contributed by atoms with Gasteiger partial charge in [-0.25, -0.2) is 0 Å². The molecule has 0 amide bonds. The molecule has 1 nitrogen and oxygen atoms in total. The Morgan fingerprint density at radius 2 is 2.07 bits per heavy atom. The molecular weight excluding hydrogens is 170 g/mol. The van der Waals surface area contributed by atoms with Crippen molar-refractivity contribution < 1.29 is 0 Å². The van der Waals surface area contributed by atoms with Crippen molar-refractivity contribution in [2.75, 3.05) is 0 Å². The second-order valence-corrected chi connectivity index (χ2v) is 4.42. The number of nitrogens with zero attached hydrogens (tertiary/aromatic N) is 1. The van der Waals surface area contributed by atoms with Gasteiger partial charge in [-0.2, -0.15) is 0 Å². The van der Waals surface area contributed by atoms with E-state index in [0.29, 0.717) is 0 Å². The lowest BCUT2D eigenvalue weighted by atomic mass is 9.72. The minimum absolute atomic E-state index is 0.908. The summed E-state index contributed by atoms with van der Waals surface area (Å²) >= 11 is 0. The molecule has 0 spiro atoms. The SMILES string of the molecule is CCC(Cc1ccncc1)C1CCC1. The summed E-state index contributed by atoms with van der Waals surface area (Å²) in [5, 5.41) is 0. The van der Waals surface area contributed by atoms with Gasteiger partial charge in [0.25, 0.3) is 0 Å². The highest BCUT2D eigenvalue weighted by Gasteiger charge is 2.25. The summed E-state index contributed by atoms with van der Waals surface area (Å²) in [5.41, 5.74) is 1.46. The summed E-state index contributed by atoms with van der Waals surface area (Å²) in [6.07, 6.45) is 10.8. The largest absolute Gasteiger partial charge is 0.265 e. The van der Waals surface area contributed by atoms with Crippen molar-refractivity contribution >= 4 is 0 Å². The Morgan fingerprint density at radius 1 is 1.36 bits per heavy atom. The highest BCUT2D eigenvalue weighted by atomic mass is 14.6. The second kappa shape index (κ2) is 4.59. The van der Waals surface area contributed by atoms with Crippen LogP contribution in [0.2, 0.25) is 0 Å². The van der Waals surface area contributed by atoms with Crippen molar-refractivity contribution in [2.45, 2.75) is 39.0 Å². The van der Waals surface area contributed by atoms with Gasteiger partial charge in [-0.15, -0.1) is 0 Å². The third-order valence-electron chi connectivity index (χ3n) is 3.59. The lowest BCUT2D eigenvalue weighted by molar-refractivity contribution is 0.199. The standard InChI is InChI=1S/C13H19N/c1-2-12(13-4-3-5-13)10-11-6-8-14-9-7-11/h6-9,12-13H,2-5,10H2,1H3. The van der Waals surface area contributed by atoms with Crippen LogP contribution in [0.25, 0.3) is 0 Å². The predicted molar refractivity (Wildman–Crippen MR) is 59.1 cm³/mol. The normalized spacial score (nSPS) is 18.9. The quantitative estimate of drug-likeness (QED) is 0.707. The molecule has 0 radical (unpaired) electrons. The molecule has 1 atom stereocenters. The Balaban J connectivity index is 1.94. The molecule has 14 heavy (non-hydrogen) atoms. The molecule has 0 N–H and O–H groups in total. The first kappa shape index (κ1) is 9.70. The van der Waals surface area contributed by atoms with Gasteiger partial charge in [-0.1, -0.05) is 32.6 Å². The van der Waals surface area contributed by atoms with Gasteiger partial charge < -0.3 is 0 Å². The molecule has 0 aliphatic heterocycles. The maximum atomic E-state index is 4.06. The van der Waals surface area contributed by atoms with Gasteiger partial charge in [-0.3, -0.25) is 4.98 Å². The monoisotopic (exact) mass is 189 g/mol. The van der Waals surface area contributed by atoms with Gasteiger partial charge in [0.1, 0.15) is 0 Å². The molecule has 0 bridgehead atoms. The zero-order chi connectivity index (χ0) is 9.80. The lowest BCUT2D eigenvalue weighted by Gasteiger charge is -2.33. The number of hydrogen-bond donors (Lipinski definition) is 0. The fourth-order valence-corrected chi connectivity index (χ4v) is 2.38. The fourth-order valence-electron chi connectivity index (χ4n) is 2.38. The van der Waals surface area contributed by atoms with Crippen LogP contribution >= 0.6 is 0 Å². The molecule has 0 aromatic carbocycles. The molecule has 1 heterocycles. The van der Waals surface area contributed by atoms with Crippen molar-refractivity contribution in [1.82, 2.24) is 4.98 Å². The Hall–Kier alpha value is -0.850. The average Bonchev–Trinajstić information content (AvgIpc) is 2.15. The smallest absolute Gasteiger partial charge is 0.0270 e. The van der Waals surface area contributed by atoms with Crippen LogP contribution in [0.4, 0.5) is 0 Å². The van der Waals surface area contributed by atoms with Crippen LogP contribution in [-0.4, -0.2) is 4.98 Å². The van der Waals surface area contributed by atoms with Gasteiger partial charge in [0.2, 0.25) is 0 Å². The number of hydrogen-bond acceptors (Lipinski definition) is 1. The highest BCUT2D eigenvalue weighted by molar-refractivity contribution is 5.10. The van der Waals surface area contributed by atoms with E-state index in [1.807, 2.05) is 12.4 Å². The van der Waals surface area contributed by atoms with Crippen molar-refractivity contribution in [1.29, 1.82) is 0 Å². The number of pyridine rings is 1. The summed E-state index contributed by atoms with van der Waals surface area (Å²) in [6, 6.07) is 4.31. The van der Waals surface area contributed by atoms with Crippen molar-refractivity contribution in [3.63, 3.8) is 0 Å². The van der Waals surface area contributed by atoms with Crippen molar-refractivity contribution in [3.05, 3.63) is 30.1 Å². The van der Waals surface area contributed by atoms with E-state index < -0.39 is 0 Å². The Bertz CT molecular complexity index is 264. The van der Waals surface area contributed by atoms with Crippen LogP contribution in [0.15, 0.2) is 24.5 Å². The van der Waals surface area contributed by atoms with Crippen LogP contribution in [0.1, 0.15) is 38.2 Å². The molecule has 1 fully saturated rings. The van der Waals surface area contributed by atoms with Crippen molar-refractivity contribution in [3.8, 4) is 0 Å². The Kier molecular flexibility index (Phi) is 3.18. The highest BCUT2D eigenvalue weighted by Crippen LogP contribution is 2.36. The molecule has 1 aliphatic carbocycles. The van der Waals surface area contributed by atoms with Gasteiger partial charge in [0, 0.05) is 12.4 Å². The molecule has 1 saturated carbocycles. The van der Waals surface area contributed by atoms with E-state index in [1.54, 1.807) is 0 Å². The molecule has 76 valence electrons. The third-order valence-corrected chi connectivity index (χ3v) is 3.59. The van der Waals surface area contributed by atoms with E-state index in [9.17, 15) is 0 Å². The average molecular weight is 189 g/mol. The molecular formula is C13H19N. The van der Waals surface area contributed by atoms with Gasteiger partial charge in [-0.05, 0) is 36.0 Å². The van der Waals surface area contributed by atoms with Crippen LogP contribution in [-0.2, 0) is 6.42 Å². The van der Waals surface area contributed by atoms with E-state index in [1.165, 1.54) is 37.7 Å². The third kappa shape index (κ3) is 2.14. The Morgan fingerprint density at radius 3 is 2.57 bits per heavy atom. The Labute approximate surface area is 86.6 Å². The van der Waals surface area contributed by atoms with Crippen LogP contribution in [0.3, 0.4) is 0 Å². The summed E-state index contributed by atoms with van der Waals surface area (Å²) in [4.78, 5) is 4.06. The fraction of sp³-hybridized carbons (Fsp3) is 0.615. The molecule has 1 aliphatic rings. The molecule has 0 saturated heterocycles. The molecule has 2 rings (SSSR count). The van der Waals surface area contributed by atoms with Gasteiger partial charge in [0.05, 0.1) is 0 Å². The van der Waals surface area contributed by atoms with Gasteiger partial charge >= 0.3 is 0 Å². The first-order valence-corrected chi connectivity index (χ1v) is 5.79. The van der Waals surface area contributed by atoms with Crippen LogP contribution in [0, 0.1) is 11.8 Å². The van der Waals surface area contributed by atoms with Crippen molar-refractivity contribution in [2.24, 2.45) is 11.8 Å². The lowest BCUT2D eigenvalue weighted by Crippen LogP contribution is -2.23. The second-order valence-electron chi connectivity index (χ2n) is 4.42. The first-order chi connectivity index (χ1) is 6.90. The zero-order valence-corrected chi connectivity index (χ0v) is 8.95. The number of rotatable bonds is 4. The minimum Gasteiger partial charge on any atom is -0.265 e. The summed E-state index contributed by atoms with van der Waals surface area (Å²) in [5.74, 6) is 1.92. The molecule has 1 aromatic rings. The van der Waals surface area contributed by atoms with Crippen LogP contribution < -0.4 is 0 Å². The topological polar surface area (TPSA) is 12.9 Å². The maximum Gasteiger partial charge on any atom is 0.0270 e. The number of aromatic nitrogens is 1.